The maximum Gasteiger partial charge on any atom is 0.309 e. The monoisotopic (exact) mass is 212 g/mol. The summed E-state index contributed by atoms with van der Waals surface area (Å²) in [6, 6.07) is 0. The summed E-state index contributed by atoms with van der Waals surface area (Å²) in [5, 5.41) is 0. The minimum Gasteiger partial charge on any atom is -0.462 e. The van der Waals surface area contributed by atoms with E-state index in [9.17, 15) is 4.79 Å². The van der Waals surface area contributed by atoms with E-state index in [1.165, 1.54) is 12.8 Å². The van der Waals surface area contributed by atoms with Gasteiger partial charge in [-0.15, -0.1) is 0 Å². The molecule has 2 nitrogen and oxygen atoms in total. The molecule has 1 aliphatic carbocycles. The van der Waals surface area contributed by atoms with Crippen molar-refractivity contribution in [3.8, 4) is 0 Å². The molecule has 0 unspecified atom stereocenters. The SMILES string of the molecule is CCC(CC)C(=O)OC1CCC(C)CC1. The maximum atomic E-state index is 11.7. The highest BCUT2D eigenvalue weighted by molar-refractivity contribution is 5.72. The lowest BCUT2D eigenvalue weighted by molar-refractivity contribution is -0.156. The first-order valence-corrected chi connectivity index (χ1v) is 6.37. The average Bonchev–Trinajstić information content (AvgIpc) is 2.23. The predicted octanol–water partition coefficient (Wildman–Crippen LogP) is 3.54. The largest absolute Gasteiger partial charge is 0.462 e. The lowest BCUT2D eigenvalue weighted by Gasteiger charge is -2.27. The molecule has 1 saturated carbocycles. The first-order chi connectivity index (χ1) is 7.17. The fourth-order valence-electron chi connectivity index (χ4n) is 2.23. The molecule has 0 aromatic rings. The van der Waals surface area contributed by atoms with Crippen molar-refractivity contribution in [2.75, 3.05) is 0 Å². The molecule has 88 valence electrons. The van der Waals surface area contributed by atoms with Crippen LogP contribution in [0.5, 0.6) is 0 Å². The summed E-state index contributed by atoms with van der Waals surface area (Å²) < 4.78 is 5.54. The number of hydrogen-bond acceptors (Lipinski definition) is 2. The Kier molecular flexibility index (Phi) is 5.13. The number of hydrogen-bond donors (Lipinski definition) is 0. The Labute approximate surface area is 93.4 Å². The molecule has 1 fully saturated rings. The van der Waals surface area contributed by atoms with Crippen molar-refractivity contribution >= 4 is 5.97 Å². The summed E-state index contributed by atoms with van der Waals surface area (Å²) in [7, 11) is 0. The van der Waals surface area contributed by atoms with Crippen molar-refractivity contribution in [3.05, 3.63) is 0 Å². The minimum atomic E-state index is 0.0274. The molecule has 0 saturated heterocycles. The van der Waals surface area contributed by atoms with Crippen molar-refractivity contribution < 1.29 is 9.53 Å². The molecule has 0 heterocycles. The Morgan fingerprint density at radius 2 is 1.73 bits per heavy atom. The van der Waals surface area contributed by atoms with Gasteiger partial charge in [-0.1, -0.05) is 20.8 Å². The Hall–Kier alpha value is -0.530. The van der Waals surface area contributed by atoms with Gasteiger partial charge in [0.2, 0.25) is 0 Å². The Morgan fingerprint density at radius 3 is 2.20 bits per heavy atom. The first-order valence-electron chi connectivity index (χ1n) is 6.37. The molecule has 1 rings (SSSR count). The van der Waals surface area contributed by atoms with Crippen LogP contribution in [0.2, 0.25) is 0 Å². The quantitative estimate of drug-likeness (QED) is 0.666. The molecule has 0 spiro atoms. The Morgan fingerprint density at radius 1 is 1.20 bits per heavy atom. The number of carbonyl (C=O) groups excluding carboxylic acids is 1. The van der Waals surface area contributed by atoms with Crippen LogP contribution in [0, 0.1) is 11.8 Å². The zero-order valence-corrected chi connectivity index (χ0v) is 10.3. The van der Waals surface area contributed by atoms with E-state index in [1.54, 1.807) is 0 Å². The van der Waals surface area contributed by atoms with Gasteiger partial charge in [0.1, 0.15) is 6.10 Å². The van der Waals surface area contributed by atoms with Gasteiger partial charge in [0.05, 0.1) is 5.92 Å². The van der Waals surface area contributed by atoms with E-state index < -0.39 is 0 Å². The third kappa shape index (κ3) is 3.84. The Balaban J connectivity index is 2.31. The van der Waals surface area contributed by atoms with E-state index in [0.29, 0.717) is 0 Å². The Bertz CT molecular complexity index is 189. The van der Waals surface area contributed by atoms with Gasteiger partial charge in [-0.25, -0.2) is 0 Å². The molecule has 0 aliphatic heterocycles. The molecule has 0 atom stereocenters. The normalized spacial score (nSPS) is 26.7. The van der Waals surface area contributed by atoms with E-state index in [4.69, 9.17) is 4.74 Å². The summed E-state index contributed by atoms with van der Waals surface area (Å²) in [6.45, 7) is 6.38. The number of carbonyl (C=O) groups is 1. The highest BCUT2D eigenvalue weighted by Gasteiger charge is 2.24. The minimum absolute atomic E-state index is 0.0274. The van der Waals surface area contributed by atoms with Crippen LogP contribution in [0.3, 0.4) is 0 Å². The van der Waals surface area contributed by atoms with E-state index in [2.05, 4.69) is 20.8 Å². The molecule has 2 heteroatoms. The lowest BCUT2D eigenvalue weighted by atomic mass is 9.89. The average molecular weight is 212 g/mol. The number of rotatable bonds is 4. The van der Waals surface area contributed by atoms with Crippen LogP contribution < -0.4 is 0 Å². The summed E-state index contributed by atoms with van der Waals surface area (Å²) in [4.78, 5) is 11.7. The van der Waals surface area contributed by atoms with Gasteiger partial charge in [-0.3, -0.25) is 4.79 Å². The van der Waals surface area contributed by atoms with Crippen molar-refractivity contribution in [3.63, 3.8) is 0 Å². The molecule has 0 N–H and O–H groups in total. The molecular weight excluding hydrogens is 188 g/mol. The number of esters is 1. The van der Waals surface area contributed by atoms with Gasteiger partial charge < -0.3 is 4.74 Å². The fraction of sp³-hybridized carbons (Fsp3) is 0.923. The molecular formula is C13H24O2. The van der Waals surface area contributed by atoms with Gasteiger partial charge in [0.25, 0.3) is 0 Å². The third-order valence-corrected chi connectivity index (χ3v) is 3.56. The molecule has 1 aliphatic rings. The van der Waals surface area contributed by atoms with Crippen LogP contribution >= 0.6 is 0 Å². The highest BCUT2D eigenvalue weighted by atomic mass is 16.5. The zero-order valence-electron chi connectivity index (χ0n) is 10.3. The van der Waals surface area contributed by atoms with Crippen molar-refractivity contribution in [2.24, 2.45) is 11.8 Å². The highest BCUT2D eigenvalue weighted by Crippen LogP contribution is 2.26. The third-order valence-electron chi connectivity index (χ3n) is 3.56. The molecule has 15 heavy (non-hydrogen) atoms. The van der Waals surface area contributed by atoms with Crippen LogP contribution in [0.25, 0.3) is 0 Å². The van der Waals surface area contributed by atoms with Crippen LogP contribution in [0.1, 0.15) is 59.3 Å². The van der Waals surface area contributed by atoms with Crippen LogP contribution in [0.15, 0.2) is 0 Å². The summed E-state index contributed by atoms with van der Waals surface area (Å²) >= 11 is 0. The van der Waals surface area contributed by atoms with Gasteiger partial charge in [-0.2, -0.15) is 0 Å². The van der Waals surface area contributed by atoms with E-state index in [1.807, 2.05) is 0 Å². The van der Waals surface area contributed by atoms with Crippen LogP contribution in [-0.4, -0.2) is 12.1 Å². The number of ether oxygens (including phenoxy) is 1. The van der Waals surface area contributed by atoms with Crippen LogP contribution in [-0.2, 0) is 9.53 Å². The zero-order chi connectivity index (χ0) is 11.3. The van der Waals surface area contributed by atoms with E-state index >= 15 is 0 Å². The van der Waals surface area contributed by atoms with E-state index in [0.717, 1.165) is 31.6 Å². The molecule has 0 aromatic carbocycles. The van der Waals surface area contributed by atoms with E-state index in [-0.39, 0.29) is 18.0 Å². The van der Waals surface area contributed by atoms with Crippen LogP contribution in [0.4, 0.5) is 0 Å². The van der Waals surface area contributed by atoms with Crippen molar-refractivity contribution in [2.45, 2.75) is 65.4 Å². The van der Waals surface area contributed by atoms with Gasteiger partial charge in [-0.05, 0) is 44.4 Å². The molecule has 0 bridgehead atoms. The second-order valence-corrected chi connectivity index (χ2v) is 4.83. The summed E-state index contributed by atoms with van der Waals surface area (Å²) in [6.07, 6.45) is 6.55. The molecule has 0 radical (unpaired) electrons. The lowest BCUT2D eigenvalue weighted by Crippen LogP contribution is -2.27. The van der Waals surface area contributed by atoms with Crippen molar-refractivity contribution in [1.29, 1.82) is 0 Å². The molecule has 0 amide bonds. The van der Waals surface area contributed by atoms with Crippen molar-refractivity contribution in [1.82, 2.24) is 0 Å². The molecule has 0 aromatic heterocycles. The summed E-state index contributed by atoms with van der Waals surface area (Å²) in [5.74, 6) is 0.956. The van der Waals surface area contributed by atoms with Gasteiger partial charge >= 0.3 is 5.97 Å². The standard InChI is InChI=1S/C13H24O2/c1-4-11(5-2)13(14)15-12-8-6-10(3)7-9-12/h10-12H,4-9H2,1-3H3. The fourth-order valence-corrected chi connectivity index (χ4v) is 2.23. The van der Waals surface area contributed by atoms with Gasteiger partial charge in [0, 0.05) is 0 Å². The second-order valence-electron chi connectivity index (χ2n) is 4.83. The maximum absolute atomic E-state index is 11.7. The second kappa shape index (κ2) is 6.14. The van der Waals surface area contributed by atoms with Gasteiger partial charge in [0.15, 0.2) is 0 Å². The predicted molar refractivity (Wildman–Crippen MR) is 61.6 cm³/mol. The summed E-state index contributed by atoms with van der Waals surface area (Å²) in [5.41, 5.74) is 0. The topological polar surface area (TPSA) is 26.3 Å². The first kappa shape index (κ1) is 12.5. The smallest absolute Gasteiger partial charge is 0.309 e.